The fourth-order valence-electron chi connectivity index (χ4n) is 2.76. The molecule has 1 amide bonds. The highest BCUT2D eigenvalue weighted by Crippen LogP contribution is 2.17. The number of carbonyl (C=O) groups excluding carboxylic acids is 1. The van der Waals surface area contributed by atoms with Crippen LogP contribution in [-0.2, 0) is 11.3 Å². The summed E-state index contributed by atoms with van der Waals surface area (Å²) in [7, 11) is 0. The third kappa shape index (κ3) is 10.0. The Morgan fingerprint density at radius 1 is 1.07 bits per heavy atom. The Morgan fingerprint density at radius 3 is 2.21 bits per heavy atom. The molecule has 4 nitrogen and oxygen atoms in total. The maximum absolute atomic E-state index is 11.9. The molecule has 0 bridgehead atoms. The Morgan fingerprint density at radius 2 is 1.66 bits per heavy atom. The zero-order chi connectivity index (χ0) is 21.5. The molecular formula is C23H32F2N2O2. The number of nitrogens with one attached hydrogen (secondary N) is 2. The van der Waals surface area contributed by atoms with E-state index in [1.165, 1.54) is 18.6 Å². The van der Waals surface area contributed by atoms with E-state index in [4.69, 9.17) is 4.74 Å². The van der Waals surface area contributed by atoms with Crippen molar-refractivity contribution in [2.75, 3.05) is 19.6 Å². The Hall–Kier alpha value is -2.47. The first kappa shape index (κ1) is 24.6. The van der Waals surface area contributed by atoms with Crippen LogP contribution in [-0.4, -0.2) is 25.7 Å². The average Bonchev–Trinajstić information content (AvgIpc) is 2.76. The second-order valence-electron chi connectivity index (χ2n) is 6.59. The summed E-state index contributed by atoms with van der Waals surface area (Å²) in [5.41, 5.74) is 1.00. The molecule has 0 aromatic heterocycles. The molecule has 0 spiro atoms. The van der Waals surface area contributed by atoms with Gasteiger partial charge >= 0.3 is 6.09 Å². The molecule has 2 unspecified atom stereocenters. The highest BCUT2D eigenvalue weighted by molar-refractivity contribution is 5.67. The van der Waals surface area contributed by atoms with Crippen molar-refractivity contribution in [2.24, 2.45) is 11.8 Å². The first-order valence-corrected chi connectivity index (χ1v) is 10.1. The number of amides is 1. The second kappa shape index (κ2) is 14.5. The zero-order valence-electron chi connectivity index (χ0n) is 17.5. The lowest BCUT2D eigenvalue weighted by Gasteiger charge is -2.29. The average molecular weight is 407 g/mol. The lowest BCUT2D eigenvalue weighted by molar-refractivity contribution is 0.135. The summed E-state index contributed by atoms with van der Waals surface area (Å²) in [5, 5.41) is 6.21. The minimum Gasteiger partial charge on any atom is -0.445 e. The van der Waals surface area contributed by atoms with Crippen LogP contribution in [0.1, 0.15) is 32.8 Å². The van der Waals surface area contributed by atoms with E-state index in [0.717, 1.165) is 30.8 Å². The van der Waals surface area contributed by atoms with Crippen LogP contribution in [0.3, 0.4) is 0 Å². The van der Waals surface area contributed by atoms with Gasteiger partial charge in [-0.15, -0.1) is 0 Å². The molecule has 2 aromatic carbocycles. The molecule has 6 heteroatoms. The molecule has 3 rings (SSSR count). The van der Waals surface area contributed by atoms with Gasteiger partial charge < -0.3 is 15.4 Å². The molecule has 1 heterocycles. The summed E-state index contributed by atoms with van der Waals surface area (Å²) in [5.74, 6) is -0.450. The molecular weight excluding hydrogens is 374 g/mol. The van der Waals surface area contributed by atoms with Crippen LogP contribution in [0.4, 0.5) is 13.6 Å². The van der Waals surface area contributed by atoms with E-state index in [9.17, 15) is 13.6 Å². The lowest BCUT2D eigenvalue weighted by Crippen LogP contribution is -2.42. The molecule has 1 fully saturated rings. The number of hydrogen-bond acceptors (Lipinski definition) is 3. The van der Waals surface area contributed by atoms with E-state index in [1.54, 1.807) is 0 Å². The number of carbonyl (C=O) groups is 1. The van der Waals surface area contributed by atoms with Crippen LogP contribution >= 0.6 is 0 Å². The van der Waals surface area contributed by atoms with E-state index in [1.807, 2.05) is 44.2 Å². The topological polar surface area (TPSA) is 50.4 Å². The number of ether oxygens (including phenoxy) is 1. The summed E-state index contributed by atoms with van der Waals surface area (Å²) in [6, 6.07) is 14.8. The van der Waals surface area contributed by atoms with E-state index in [2.05, 4.69) is 17.6 Å². The van der Waals surface area contributed by atoms with Crippen LogP contribution in [0.2, 0.25) is 0 Å². The van der Waals surface area contributed by atoms with Gasteiger partial charge in [-0.3, -0.25) is 0 Å². The molecule has 29 heavy (non-hydrogen) atoms. The lowest BCUT2D eigenvalue weighted by atomic mass is 9.88. The highest BCUT2D eigenvalue weighted by Gasteiger charge is 2.21. The Balaban J connectivity index is 0.000000351. The number of alkyl carbamates (subject to hydrolysis) is 1. The van der Waals surface area contributed by atoms with Gasteiger partial charge in [0.05, 0.1) is 0 Å². The summed E-state index contributed by atoms with van der Waals surface area (Å²) >= 11 is 0. The maximum atomic E-state index is 11.9. The summed E-state index contributed by atoms with van der Waals surface area (Å²) in [6.45, 7) is 9.30. The number of hydrogen-bond donors (Lipinski definition) is 2. The van der Waals surface area contributed by atoms with Crippen LogP contribution in [0, 0.1) is 23.5 Å². The maximum Gasteiger partial charge on any atom is 0.407 e. The molecule has 1 saturated heterocycles. The van der Waals surface area contributed by atoms with Crippen molar-refractivity contribution in [1.82, 2.24) is 10.6 Å². The molecule has 2 N–H and O–H groups in total. The van der Waals surface area contributed by atoms with Crippen LogP contribution in [0.15, 0.2) is 54.6 Å². The summed E-state index contributed by atoms with van der Waals surface area (Å²) in [4.78, 5) is 11.6. The Kier molecular flexibility index (Phi) is 12.3. The first-order chi connectivity index (χ1) is 14.1. The SMILES string of the molecule is CC.CC1CCNCC1CNC(=O)OCc1ccccc1.Fc1ccccc1F. The summed E-state index contributed by atoms with van der Waals surface area (Å²) < 4.78 is 29.1. The van der Waals surface area contributed by atoms with Crippen molar-refractivity contribution in [3.63, 3.8) is 0 Å². The van der Waals surface area contributed by atoms with Gasteiger partial charge in [0.1, 0.15) is 6.61 Å². The van der Waals surface area contributed by atoms with Gasteiger partial charge in [-0.25, -0.2) is 13.6 Å². The van der Waals surface area contributed by atoms with Gasteiger partial charge in [0.15, 0.2) is 11.6 Å². The highest BCUT2D eigenvalue weighted by atomic mass is 19.2. The fourth-order valence-corrected chi connectivity index (χ4v) is 2.76. The normalized spacial score (nSPS) is 17.7. The van der Waals surface area contributed by atoms with Crippen molar-refractivity contribution in [2.45, 2.75) is 33.8 Å². The molecule has 0 aliphatic carbocycles. The number of benzene rings is 2. The standard InChI is InChI=1S/C15H22N2O2.C6H4F2.C2H6/c1-12-7-8-16-9-14(12)10-17-15(18)19-11-13-5-3-2-4-6-13;7-5-3-1-2-4-6(5)8;1-2/h2-6,12,14,16H,7-11H2,1H3,(H,17,18);1-4H;1-2H3. The van der Waals surface area contributed by atoms with Crippen molar-refractivity contribution in [3.8, 4) is 0 Å². The predicted molar refractivity (Wildman–Crippen MR) is 112 cm³/mol. The second-order valence-corrected chi connectivity index (χ2v) is 6.59. The molecule has 1 aliphatic heterocycles. The minimum absolute atomic E-state index is 0.325. The van der Waals surface area contributed by atoms with Crippen LogP contribution in [0.5, 0.6) is 0 Å². The molecule has 0 saturated carbocycles. The largest absolute Gasteiger partial charge is 0.445 e. The van der Waals surface area contributed by atoms with Crippen LogP contribution < -0.4 is 10.6 Å². The van der Waals surface area contributed by atoms with Gasteiger partial charge in [0.2, 0.25) is 0 Å². The fraction of sp³-hybridized carbons (Fsp3) is 0.435. The number of rotatable bonds is 4. The van der Waals surface area contributed by atoms with Crippen molar-refractivity contribution in [3.05, 3.63) is 71.8 Å². The third-order valence-electron chi connectivity index (χ3n) is 4.53. The van der Waals surface area contributed by atoms with Gasteiger partial charge in [-0.1, -0.05) is 63.2 Å². The van der Waals surface area contributed by atoms with Gasteiger partial charge in [0, 0.05) is 6.54 Å². The minimum atomic E-state index is -0.799. The van der Waals surface area contributed by atoms with E-state index in [-0.39, 0.29) is 6.09 Å². The van der Waals surface area contributed by atoms with E-state index >= 15 is 0 Å². The number of piperidine rings is 1. The third-order valence-corrected chi connectivity index (χ3v) is 4.53. The van der Waals surface area contributed by atoms with E-state index in [0.29, 0.717) is 25.0 Å². The first-order valence-electron chi connectivity index (χ1n) is 10.1. The van der Waals surface area contributed by atoms with Crippen molar-refractivity contribution < 1.29 is 18.3 Å². The smallest absolute Gasteiger partial charge is 0.407 e. The van der Waals surface area contributed by atoms with Crippen molar-refractivity contribution >= 4 is 6.09 Å². The van der Waals surface area contributed by atoms with Gasteiger partial charge in [-0.2, -0.15) is 0 Å². The zero-order valence-corrected chi connectivity index (χ0v) is 17.5. The summed E-state index contributed by atoms with van der Waals surface area (Å²) in [6.07, 6.45) is 0.840. The predicted octanol–water partition coefficient (Wildman–Crippen LogP) is 5.15. The molecule has 2 aromatic rings. The Bertz CT molecular complexity index is 677. The Labute approximate surface area is 172 Å². The quantitative estimate of drug-likeness (QED) is 0.738. The molecule has 2 atom stereocenters. The van der Waals surface area contributed by atoms with E-state index < -0.39 is 11.6 Å². The monoisotopic (exact) mass is 406 g/mol. The molecule has 0 radical (unpaired) electrons. The van der Waals surface area contributed by atoms with Gasteiger partial charge in [0.25, 0.3) is 0 Å². The molecule has 160 valence electrons. The van der Waals surface area contributed by atoms with Crippen molar-refractivity contribution in [1.29, 1.82) is 0 Å². The van der Waals surface area contributed by atoms with Crippen LogP contribution in [0.25, 0.3) is 0 Å². The van der Waals surface area contributed by atoms with Gasteiger partial charge in [-0.05, 0) is 49.0 Å². The number of halogens is 2. The molecule has 1 aliphatic rings.